The van der Waals surface area contributed by atoms with Gasteiger partial charge < -0.3 is 10.6 Å². The lowest BCUT2D eigenvalue weighted by molar-refractivity contribution is -0.117. The van der Waals surface area contributed by atoms with Crippen LogP contribution in [0, 0.1) is 5.92 Å². The van der Waals surface area contributed by atoms with Gasteiger partial charge in [0.25, 0.3) is 0 Å². The Balaban J connectivity index is 1.71. The lowest BCUT2D eigenvalue weighted by atomic mass is 9.99. The van der Waals surface area contributed by atoms with E-state index in [1.54, 1.807) is 6.20 Å². The summed E-state index contributed by atoms with van der Waals surface area (Å²) in [6, 6.07) is 9.83. The molecule has 1 amide bonds. The van der Waals surface area contributed by atoms with Crippen LogP contribution in [0.4, 0.5) is 5.69 Å². The van der Waals surface area contributed by atoms with E-state index in [1.165, 1.54) is 0 Å². The van der Waals surface area contributed by atoms with Crippen molar-refractivity contribution in [1.82, 2.24) is 10.3 Å². The molecule has 0 atom stereocenters. The van der Waals surface area contributed by atoms with Crippen LogP contribution < -0.4 is 10.6 Å². The Labute approximate surface area is 105 Å². The summed E-state index contributed by atoms with van der Waals surface area (Å²) in [6.45, 7) is 1.90. The maximum absolute atomic E-state index is 11.8. The largest absolute Gasteiger partial charge is 0.325 e. The average Bonchev–Trinajstić information content (AvgIpc) is 2.34. The summed E-state index contributed by atoms with van der Waals surface area (Å²) in [5.74, 6) is 0.553. The molecule has 0 unspecified atom stereocenters. The van der Waals surface area contributed by atoms with Crippen LogP contribution in [0.2, 0.25) is 0 Å². The summed E-state index contributed by atoms with van der Waals surface area (Å²) in [5, 5.41) is 7.11. The van der Waals surface area contributed by atoms with E-state index in [0.717, 1.165) is 29.7 Å². The van der Waals surface area contributed by atoms with E-state index in [9.17, 15) is 4.79 Å². The van der Waals surface area contributed by atoms with Crippen molar-refractivity contribution in [3.8, 4) is 0 Å². The van der Waals surface area contributed by atoms with E-state index in [2.05, 4.69) is 15.6 Å². The van der Waals surface area contributed by atoms with E-state index in [-0.39, 0.29) is 5.91 Å². The highest BCUT2D eigenvalue weighted by atomic mass is 16.1. The van der Waals surface area contributed by atoms with E-state index < -0.39 is 0 Å². The second kappa shape index (κ2) is 4.74. The van der Waals surface area contributed by atoms with Gasteiger partial charge in [0.15, 0.2) is 0 Å². The Morgan fingerprint density at radius 1 is 1.39 bits per heavy atom. The topological polar surface area (TPSA) is 54.0 Å². The van der Waals surface area contributed by atoms with Crippen molar-refractivity contribution in [3.63, 3.8) is 0 Å². The lowest BCUT2D eigenvalue weighted by Gasteiger charge is -2.26. The van der Waals surface area contributed by atoms with Gasteiger partial charge >= 0.3 is 0 Å². The van der Waals surface area contributed by atoms with Crippen molar-refractivity contribution < 1.29 is 4.79 Å². The van der Waals surface area contributed by atoms with Crippen LogP contribution in [-0.4, -0.2) is 24.0 Å². The number of pyridine rings is 1. The molecule has 1 aromatic heterocycles. The molecule has 1 aromatic carbocycles. The highest BCUT2D eigenvalue weighted by Crippen LogP contribution is 2.17. The van der Waals surface area contributed by atoms with Gasteiger partial charge in [0.05, 0.1) is 17.4 Å². The van der Waals surface area contributed by atoms with E-state index in [4.69, 9.17) is 0 Å². The predicted molar refractivity (Wildman–Crippen MR) is 71.3 cm³/mol. The third-order valence-electron chi connectivity index (χ3n) is 3.21. The number of rotatable bonds is 3. The fraction of sp³-hybridized carbons (Fsp3) is 0.286. The summed E-state index contributed by atoms with van der Waals surface area (Å²) >= 11 is 0. The molecule has 0 saturated carbocycles. The van der Waals surface area contributed by atoms with Gasteiger partial charge in [-0.1, -0.05) is 18.2 Å². The number of carbonyl (C=O) groups is 1. The molecule has 0 radical (unpaired) electrons. The lowest BCUT2D eigenvalue weighted by Crippen LogP contribution is -2.43. The maximum atomic E-state index is 11.8. The average molecular weight is 241 g/mol. The number of hydrogen-bond donors (Lipinski definition) is 2. The molecule has 4 heteroatoms. The van der Waals surface area contributed by atoms with E-state index >= 15 is 0 Å². The summed E-state index contributed by atoms with van der Waals surface area (Å²) in [5.41, 5.74) is 1.71. The summed E-state index contributed by atoms with van der Waals surface area (Å²) in [6.07, 6.45) is 2.29. The van der Waals surface area contributed by atoms with Crippen LogP contribution in [0.25, 0.3) is 10.9 Å². The van der Waals surface area contributed by atoms with Crippen molar-refractivity contribution in [2.24, 2.45) is 5.92 Å². The van der Waals surface area contributed by atoms with Crippen LogP contribution in [0.3, 0.4) is 0 Å². The fourth-order valence-corrected chi connectivity index (χ4v) is 2.11. The second-order valence-corrected chi connectivity index (χ2v) is 4.69. The van der Waals surface area contributed by atoms with Crippen LogP contribution in [0.5, 0.6) is 0 Å². The highest BCUT2D eigenvalue weighted by Gasteiger charge is 2.20. The highest BCUT2D eigenvalue weighted by molar-refractivity contribution is 5.93. The molecular formula is C14H15N3O. The number of carbonyl (C=O) groups excluding carboxylic acids is 1. The van der Waals surface area contributed by atoms with Gasteiger partial charge in [0, 0.05) is 11.8 Å². The van der Waals surface area contributed by atoms with Crippen molar-refractivity contribution in [1.29, 1.82) is 0 Å². The normalized spacial score (nSPS) is 15.3. The summed E-state index contributed by atoms with van der Waals surface area (Å²) in [7, 11) is 0. The molecule has 4 nitrogen and oxygen atoms in total. The SMILES string of the molecule is O=C(CC1CNC1)Nc1cnc2ccccc2c1. The Bertz CT molecular complexity index is 578. The van der Waals surface area contributed by atoms with Gasteiger partial charge in [0.1, 0.15) is 0 Å². The minimum Gasteiger partial charge on any atom is -0.325 e. The molecule has 1 saturated heterocycles. The smallest absolute Gasteiger partial charge is 0.224 e. The second-order valence-electron chi connectivity index (χ2n) is 4.69. The first-order valence-electron chi connectivity index (χ1n) is 6.16. The van der Waals surface area contributed by atoms with Gasteiger partial charge in [-0.2, -0.15) is 0 Å². The number of aromatic nitrogens is 1. The van der Waals surface area contributed by atoms with Crippen molar-refractivity contribution in [2.45, 2.75) is 6.42 Å². The van der Waals surface area contributed by atoms with Crippen LogP contribution in [0.1, 0.15) is 6.42 Å². The van der Waals surface area contributed by atoms with Gasteiger partial charge in [0.2, 0.25) is 5.91 Å². The third kappa shape index (κ3) is 2.33. The Hall–Kier alpha value is -1.94. The molecule has 0 aliphatic carbocycles. The minimum atomic E-state index is 0.0681. The molecular weight excluding hydrogens is 226 g/mol. The fourth-order valence-electron chi connectivity index (χ4n) is 2.11. The molecule has 2 N–H and O–H groups in total. The van der Waals surface area contributed by atoms with Crippen molar-refractivity contribution in [2.75, 3.05) is 18.4 Å². The predicted octanol–water partition coefficient (Wildman–Crippen LogP) is 1.78. The summed E-state index contributed by atoms with van der Waals surface area (Å²) < 4.78 is 0. The number of fused-ring (bicyclic) bond motifs is 1. The first kappa shape index (κ1) is 11.2. The third-order valence-corrected chi connectivity index (χ3v) is 3.21. The molecule has 92 valence electrons. The molecule has 0 spiro atoms. The van der Waals surface area contributed by atoms with E-state index in [0.29, 0.717) is 12.3 Å². The quantitative estimate of drug-likeness (QED) is 0.861. The van der Waals surface area contributed by atoms with Crippen LogP contribution in [0.15, 0.2) is 36.5 Å². The first-order valence-corrected chi connectivity index (χ1v) is 6.16. The zero-order chi connectivity index (χ0) is 12.4. The standard InChI is InChI=1S/C14H15N3O/c18-14(5-10-7-15-8-10)17-12-6-11-3-1-2-4-13(11)16-9-12/h1-4,6,9-10,15H,5,7-8H2,(H,17,18). The molecule has 2 aromatic rings. The first-order chi connectivity index (χ1) is 8.81. The van der Waals surface area contributed by atoms with Gasteiger partial charge in [-0.25, -0.2) is 0 Å². The molecule has 1 fully saturated rings. The van der Waals surface area contributed by atoms with Crippen molar-refractivity contribution >= 4 is 22.5 Å². The minimum absolute atomic E-state index is 0.0681. The Morgan fingerprint density at radius 3 is 3.00 bits per heavy atom. The van der Waals surface area contributed by atoms with Gasteiger partial charge in [-0.3, -0.25) is 9.78 Å². The van der Waals surface area contributed by atoms with Gasteiger partial charge in [-0.05, 0) is 31.1 Å². The van der Waals surface area contributed by atoms with Crippen LogP contribution in [-0.2, 0) is 4.79 Å². The maximum Gasteiger partial charge on any atom is 0.224 e. The number of benzene rings is 1. The Morgan fingerprint density at radius 2 is 2.22 bits per heavy atom. The monoisotopic (exact) mass is 241 g/mol. The number of amides is 1. The zero-order valence-electron chi connectivity index (χ0n) is 10.0. The number of nitrogens with zero attached hydrogens (tertiary/aromatic N) is 1. The van der Waals surface area contributed by atoms with Crippen LogP contribution >= 0.6 is 0 Å². The number of nitrogens with one attached hydrogen (secondary N) is 2. The van der Waals surface area contributed by atoms with Gasteiger partial charge in [-0.15, -0.1) is 0 Å². The van der Waals surface area contributed by atoms with E-state index in [1.807, 2.05) is 30.3 Å². The Kier molecular flexibility index (Phi) is 2.94. The molecule has 3 rings (SSSR count). The molecule has 0 bridgehead atoms. The summed E-state index contributed by atoms with van der Waals surface area (Å²) in [4.78, 5) is 16.1. The van der Waals surface area contributed by atoms with Crippen molar-refractivity contribution in [3.05, 3.63) is 36.5 Å². The molecule has 1 aliphatic heterocycles. The number of anilines is 1. The number of hydrogen-bond acceptors (Lipinski definition) is 3. The number of para-hydroxylation sites is 1. The molecule has 18 heavy (non-hydrogen) atoms. The molecule has 1 aliphatic rings. The molecule has 2 heterocycles. The zero-order valence-corrected chi connectivity index (χ0v) is 10.0.